The largest absolute Gasteiger partial charge is 0.491 e. The molecule has 0 bridgehead atoms. The number of rotatable bonds is 12. The van der Waals surface area contributed by atoms with Crippen LogP contribution in [0.15, 0.2) is 65.6 Å². The maximum atomic E-state index is 12.6. The minimum Gasteiger partial charge on any atom is -0.491 e. The molecule has 0 spiro atoms. The monoisotopic (exact) mass is 656 g/mol. The van der Waals surface area contributed by atoms with Crippen LogP contribution in [0.1, 0.15) is 31.1 Å². The van der Waals surface area contributed by atoms with E-state index in [9.17, 15) is 38.4 Å². The fourth-order valence-corrected chi connectivity index (χ4v) is 4.31. The quantitative estimate of drug-likeness (QED) is 0.124. The van der Waals surface area contributed by atoms with E-state index in [0.29, 0.717) is 11.6 Å². The van der Waals surface area contributed by atoms with Crippen molar-refractivity contribution < 1.29 is 51.4 Å². The van der Waals surface area contributed by atoms with Crippen LogP contribution >= 0.6 is 0 Å². The standard InChI is InChI=1S/C31H20N4O11S/c1-34-25(17-32)23-16-28(44-11-13-46-31(39)21-9-8-20(47(40,41)42)14-22(21)29(36)37)24(26(18-33)35-2)15-27(23)43-10-12-45-30(38)19-6-4-3-5-7-19/h3-9,14-16H,10-13H2,(H,36,37)(H,40,41,42). The van der Waals surface area contributed by atoms with Crippen molar-refractivity contribution in [3.05, 3.63) is 111 Å². The normalized spacial score (nSPS) is 11.7. The summed E-state index contributed by atoms with van der Waals surface area (Å²) >= 11 is 0. The Morgan fingerprint density at radius 2 is 1.26 bits per heavy atom. The van der Waals surface area contributed by atoms with E-state index in [4.69, 9.17) is 36.6 Å². The highest BCUT2D eigenvalue weighted by atomic mass is 32.2. The lowest BCUT2D eigenvalue weighted by Gasteiger charge is -2.13. The minimum absolute atomic E-state index is 0.0834. The number of carbonyl (C=O) groups is 3. The maximum absolute atomic E-state index is 12.6. The van der Waals surface area contributed by atoms with Crippen molar-refractivity contribution in [2.45, 2.75) is 4.90 Å². The minimum atomic E-state index is -4.76. The second-order valence-corrected chi connectivity index (χ2v) is 10.2. The zero-order valence-corrected chi connectivity index (χ0v) is 24.7. The fourth-order valence-electron chi connectivity index (χ4n) is 3.81. The first-order chi connectivity index (χ1) is 22.4. The van der Waals surface area contributed by atoms with Crippen molar-refractivity contribution >= 4 is 39.4 Å². The Kier molecular flexibility index (Phi) is 11.7. The Balaban J connectivity index is 1.85. The van der Waals surface area contributed by atoms with E-state index in [-0.39, 0.29) is 35.2 Å². The van der Waals surface area contributed by atoms with Gasteiger partial charge in [-0.15, -0.1) is 0 Å². The number of nitriles is 2. The fraction of sp³-hybridized carbons (Fsp3) is 0.129. The zero-order valence-electron chi connectivity index (χ0n) is 23.9. The van der Waals surface area contributed by atoms with Crippen molar-refractivity contribution in [3.8, 4) is 23.6 Å². The number of carboxylic acid groups (broad SMARTS) is 1. The third-order valence-corrected chi connectivity index (χ3v) is 6.77. The molecule has 0 heterocycles. The predicted octanol–water partition coefficient (Wildman–Crippen LogP) is 2.21. The SMILES string of the molecule is [C-]#[N+]C(C#N)=c1cc(OCCOC(=O)c2ccc(S(=O)(=O)O)cc2C(=O)O)c(=C(C#N)[N+]#[C-])cc1OCCOC(=O)c1ccccc1. The lowest BCUT2D eigenvalue weighted by Crippen LogP contribution is -2.23. The van der Waals surface area contributed by atoms with Crippen molar-refractivity contribution in [2.24, 2.45) is 0 Å². The molecule has 0 aliphatic carbocycles. The summed E-state index contributed by atoms with van der Waals surface area (Å²) in [5.74, 6) is -3.74. The molecule has 47 heavy (non-hydrogen) atoms. The van der Waals surface area contributed by atoms with Crippen molar-refractivity contribution in [3.63, 3.8) is 0 Å². The van der Waals surface area contributed by atoms with Gasteiger partial charge < -0.3 is 24.1 Å². The Labute approximate surface area is 266 Å². The van der Waals surface area contributed by atoms with Gasteiger partial charge in [0.1, 0.15) is 37.9 Å². The molecule has 0 aliphatic heterocycles. The summed E-state index contributed by atoms with van der Waals surface area (Å²) in [5.41, 5.74) is -1.89. The molecule has 0 radical (unpaired) electrons. The van der Waals surface area contributed by atoms with Crippen molar-refractivity contribution in [1.82, 2.24) is 0 Å². The number of nitrogens with zero attached hydrogens (tertiary/aromatic N) is 4. The number of hydrogen-bond acceptors (Lipinski definition) is 11. The van der Waals surface area contributed by atoms with E-state index < -0.39 is 68.7 Å². The molecular weight excluding hydrogens is 636 g/mol. The van der Waals surface area contributed by atoms with Crippen molar-refractivity contribution in [1.29, 1.82) is 10.5 Å². The first kappa shape index (κ1) is 34.8. The van der Waals surface area contributed by atoms with E-state index in [1.54, 1.807) is 42.5 Å². The van der Waals surface area contributed by atoms with Crippen LogP contribution in [0.5, 0.6) is 11.5 Å². The van der Waals surface area contributed by atoms with E-state index in [2.05, 4.69) is 9.69 Å². The highest BCUT2D eigenvalue weighted by Crippen LogP contribution is 2.18. The molecule has 0 unspecified atom stereocenters. The summed E-state index contributed by atoms with van der Waals surface area (Å²) in [6.07, 6.45) is 0. The third kappa shape index (κ3) is 8.91. The molecule has 0 amide bonds. The highest BCUT2D eigenvalue weighted by Gasteiger charge is 2.22. The topological polar surface area (TPSA) is 219 Å². The van der Waals surface area contributed by atoms with E-state index in [0.717, 1.165) is 18.2 Å². The number of carbonyl (C=O) groups excluding carboxylic acids is 2. The van der Waals surface area contributed by atoms with Gasteiger partial charge in [0.05, 0.1) is 46.9 Å². The van der Waals surface area contributed by atoms with Gasteiger partial charge in [-0.2, -0.15) is 8.42 Å². The van der Waals surface area contributed by atoms with E-state index >= 15 is 0 Å². The number of ether oxygens (including phenoxy) is 4. The first-order valence-electron chi connectivity index (χ1n) is 12.9. The van der Waals surface area contributed by atoms with Crippen LogP contribution in [-0.2, 0) is 19.6 Å². The molecule has 3 rings (SSSR count). The van der Waals surface area contributed by atoms with Crippen LogP contribution in [0.4, 0.5) is 0 Å². The summed E-state index contributed by atoms with van der Waals surface area (Å²) in [7, 11) is -4.76. The number of aromatic carboxylic acids is 1. The molecule has 16 heteroatoms. The summed E-state index contributed by atoms with van der Waals surface area (Å²) in [4.78, 5) is 41.9. The summed E-state index contributed by atoms with van der Waals surface area (Å²) in [6, 6.07) is 16.1. The molecule has 0 atom stereocenters. The van der Waals surface area contributed by atoms with Gasteiger partial charge in [0.25, 0.3) is 21.5 Å². The van der Waals surface area contributed by atoms with Crippen molar-refractivity contribution in [2.75, 3.05) is 26.4 Å². The van der Waals surface area contributed by atoms with Gasteiger partial charge in [0, 0.05) is 10.4 Å². The van der Waals surface area contributed by atoms with Crippen LogP contribution in [0.25, 0.3) is 21.1 Å². The molecule has 0 saturated carbocycles. The Bertz CT molecular complexity index is 2110. The third-order valence-electron chi connectivity index (χ3n) is 5.92. The Morgan fingerprint density at radius 3 is 1.70 bits per heavy atom. The Morgan fingerprint density at radius 1 is 0.745 bits per heavy atom. The number of carboxylic acids is 1. The number of benzene rings is 3. The summed E-state index contributed by atoms with van der Waals surface area (Å²) < 4.78 is 53.3. The van der Waals surface area contributed by atoms with Crippen LogP contribution in [0, 0.1) is 35.8 Å². The van der Waals surface area contributed by atoms with Gasteiger partial charge in [-0.05, 0) is 42.5 Å². The zero-order chi connectivity index (χ0) is 34.6. The van der Waals surface area contributed by atoms with E-state index in [1.165, 1.54) is 6.07 Å². The van der Waals surface area contributed by atoms with Crippen LogP contribution in [-0.4, -0.2) is 62.4 Å². The molecule has 0 aromatic heterocycles. The van der Waals surface area contributed by atoms with Gasteiger partial charge in [-0.3, -0.25) is 4.55 Å². The first-order valence-corrected chi connectivity index (χ1v) is 14.4. The second-order valence-electron chi connectivity index (χ2n) is 8.81. The number of esters is 2. The van der Waals surface area contributed by atoms with Crippen LogP contribution < -0.4 is 19.9 Å². The molecule has 15 nitrogen and oxygen atoms in total. The lowest BCUT2D eigenvalue weighted by atomic mass is 10.1. The maximum Gasteiger partial charge on any atom is 0.339 e. The van der Waals surface area contributed by atoms with E-state index in [1.807, 2.05) is 0 Å². The number of hydrogen-bond donors (Lipinski definition) is 2. The lowest BCUT2D eigenvalue weighted by molar-refractivity contribution is 0.0436. The Hall–Kier alpha value is -6.72. The molecule has 236 valence electrons. The summed E-state index contributed by atoms with van der Waals surface area (Å²) in [6.45, 7) is 13.3. The molecule has 0 aliphatic rings. The second kappa shape index (κ2) is 15.8. The molecular formula is C31H20N4O11S. The average Bonchev–Trinajstić information content (AvgIpc) is 3.06. The van der Waals surface area contributed by atoms with Gasteiger partial charge >= 0.3 is 17.9 Å². The molecule has 2 N–H and O–H groups in total. The molecule has 0 fully saturated rings. The smallest absolute Gasteiger partial charge is 0.339 e. The van der Waals surface area contributed by atoms with Gasteiger partial charge in [0.15, 0.2) is 0 Å². The van der Waals surface area contributed by atoms with Gasteiger partial charge in [-0.25, -0.2) is 34.6 Å². The highest BCUT2D eigenvalue weighted by molar-refractivity contribution is 7.85. The molecule has 3 aromatic rings. The van der Waals surface area contributed by atoms with Gasteiger partial charge in [-0.1, -0.05) is 18.2 Å². The average molecular weight is 657 g/mol. The predicted molar refractivity (Wildman–Crippen MR) is 158 cm³/mol. The molecule has 3 aromatic carbocycles. The molecule has 0 saturated heterocycles. The van der Waals surface area contributed by atoms with Crippen LogP contribution in [0.2, 0.25) is 0 Å². The summed E-state index contributed by atoms with van der Waals surface area (Å²) in [5, 5.41) is 28.3. The van der Waals surface area contributed by atoms with Crippen LogP contribution in [0.3, 0.4) is 0 Å². The van der Waals surface area contributed by atoms with Gasteiger partial charge in [0.2, 0.25) is 0 Å².